The van der Waals surface area contributed by atoms with Crippen molar-refractivity contribution >= 4 is 23.1 Å². The Bertz CT molecular complexity index is 1290. The first kappa shape index (κ1) is 25.5. The van der Waals surface area contributed by atoms with Gasteiger partial charge in [-0.1, -0.05) is 72.8 Å². The van der Waals surface area contributed by atoms with Crippen LogP contribution in [-0.4, -0.2) is 38.1 Å². The third-order valence-corrected chi connectivity index (χ3v) is 5.86. The lowest BCUT2D eigenvalue weighted by Gasteiger charge is -2.20. The Labute approximate surface area is 217 Å². The zero-order chi connectivity index (χ0) is 25.9. The molecule has 2 N–H and O–H groups in total. The summed E-state index contributed by atoms with van der Waals surface area (Å²) >= 11 is 0. The van der Waals surface area contributed by atoms with E-state index < -0.39 is 12.0 Å². The average molecular weight is 495 g/mol. The van der Waals surface area contributed by atoms with Gasteiger partial charge in [-0.15, -0.1) is 0 Å². The summed E-state index contributed by atoms with van der Waals surface area (Å²) < 4.78 is 10.9. The molecule has 0 heterocycles. The minimum atomic E-state index is -0.670. The van der Waals surface area contributed by atoms with Crippen LogP contribution in [0.15, 0.2) is 109 Å². The van der Waals surface area contributed by atoms with E-state index in [2.05, 4.69) is 10.6 Å². The molecule has 0 unspecified atom stereocenters. The number of ether oxygens (including phenoxy) is 2. The van der Waals surface area contributed by atoms with E-state index in [4.69, 9.17) is 9.47 Å². The Morgan fingerprint density at radius 1 is 0.784 bits per heavy atom. The van der Waals surface area contributed by atoms with Crippen LogP contribution in [-0.2, 0) is 16.0 Å². The fourth-order valence-electron chi connectivity index (χ4n) is 3.95. The molecule has 188 valence electrons. The number of benzene rings is 4. The molecule has 4 aromatic carbocycles. The highest BCUT2D eigenvalue weighted by Gasteiger charge is 2.22. The Morgan fingerprint density at radius 2 is 1.43 bits per heavy atom. The van der Waals surface area contributed by atoms with Crippen LogP contribution in [0.4, 0.5) is 11.4 Å². The quantitative estimate of drug-likeness (QED) is 0.152. The van der Waals surface area contributed by atoms with Gasteiger partial charge in [0.05, 0.1) is 7.11 Å². The molecule has 0 radical (unpaired) electrons. The third-order valence-electron chi connectivity index (χ3n) is 5.86. The molecule has 0 aliphatic heterocycles. The van der Waals surface area contributed by atoms with Crippen LogP contribution in [0.1, 0.15) is 21.5 Å². The van der Waals surface area contributed by atoms with Crippen LogP contribution in [0.2, 0.25) is 0 Å². The molecule has 0 saturated carbocycles. The number of hydrogen-bond donors (Lipinski definition) is 2. The van der Waals surface area contributed by atoms with Gasteiger partial charge in [-0.05, 0) is 42.0 Å². The predicted octanol–water partition coefficient (Wildman–Crippen LogP) is 5.60. The van der Waals surface area contributed by atoms with Gasteiger partial charge >= 0.3 is 5.97 Å². The number of ketones is 1. The largest absolute Gasteiger partial charge is 0.492 e. The highest BCUT2D eigenvalue weighted by atomic mass is 16.5. The van der Waals surface area contributed by atoms with E-state index >= 15 is 0 Å². The molecule has 6 heteroatoms. The molecule has 0 fully saturated rings. The molecule has 4 aromatic rings. The molecule has 6 nitrogen and oxygen atoms in total. The maximum absolute atomic E-state index is 13.1. The molecular weight excluding hydrogens is 464 g/mol. The molecule has 0 aliphatic carbocycles. The van der Waals surface area contributed by atoms with E-state index in [-0.39, 0.29) is 5.78 Å². The number of nitrogens with one attached hydrogen (secondary N) is 2. The summed E-state index contributed by atoms with van der Waals surface area (Å²) in [5.41, 5.74) is 3.65. The summed E-state index contributed by atoms with van der Waals surface area (Å²) in [4.78, 5) is 25.7. The highest BCUT2D eigenvalue weighted by Crippen LogP contribution is 2.22. The van der Waals surface area contributed by atoms with Crippen LogP contribution in [0.25, 0.3) is 0 Å². The number of esters is 1. The Kier molecular flexibility index (Phi) is 8.92. The maximum Gasteiger partial charge on any atom is 0.328 e. The van der Waals surface area contributed by atoms with E-state index in [1.54, 1.807) is 24.3 Å². The van der Waals surface area contributed by atoms with Crippen molar-refractivity contribution in [2.75, 3.05) is 30.9 Å². The van der Waals surface area contributed by atoms with Gasteiger partial charge in [0.15, 0.2) is 5.78 Å². The molecule has 0 amide bonds. The lowest BCUT2D eigenvalue weighted by atomic mass is 10.00. The molecule has 0 saturated heterocycles. The normalized spacial score (nSPS) is 11.3. The van der Waals surface area contributed by atoms with E-state index in [0.717, 1.165) is 17.0 Å². The van der Waals surface area contributed by atoms with Crippen molar-refractivity contribution < 1.29 is 19.1 Å². The molecule has 0 aromatic heterocycles. The first-order valence-electron chi connectivity index (χ1n) is 12.2. The molecule has 37 heavy (non-hydrogen) atoms. The Morgan fingerprint density at radius 3 is 2.14 bits per heavy atom. The number of methoxy groups -OCH3 is 1. The van der Waals surface area contributed by atoms with Crippen LogP contribution in [0.5, 0.6) is 5.75 Å². The van der Waals surface area contributed by atoms with E-state index in [0.29, 0.717) is 36.4 Å². The minimum Gasteiger partial charge on any atom is -0.492 e. The standard InChI is InChI=1S/C31H30N2O4/c1-36-31(35)29(33-28-15-9-8-14-27(28)30(34)24-10-4-2-5-11-24)22-23-16-18-26(19-17-23)37-21-20-32-25-12-6-3-7-13-25/h2-19,29,32-33H,20-22H2,1H3/t29-/m0/s1. The van der Waals surface area contributed by atoms with Crippen LogP contribution >= 0.6 is 0 Å². The van der Waals surface area contributed by atoms with Gasteiger partial charge in [0.2, 0.25) is 0 Å². The highest BCUT2D eigenvalue weighted by molar-refractivity contribution is 6.12. The Balaban J connectivity index is 1.39. The lowest BCUT2D eigenvalue weighted by molar-refractivity contribution is -0.141. The van der Waals surface area contributed by atoms with E-state index in [1.807, 2.05) is 84.9 Å². The second kappa shape index (κ2) is 12.9. The van der Waals surface area contributed by atoms with Crippen molar-refractivity contribution in [1.82, 2.24) is 0 Å². The number of anilines is 2. The third kappa shape index (κ3) is 7.21. The van der Waals surface area contributed by atoms with E-state index in [1.165, 1.54) is 7.11 Å². The van der Waals surface area contributed by atoms with E-state index in [9.17, 15) is 9.59 Å². The topological polar surface area (TPSA) is 76.7 Å². The molecule has 0 aliphatic rings. The number of para-hydroxylation sites is 2. The van der Waals surface area contributed by atoms with Crippen LogP contribution in [0, 0.1) is 0 Å². The van der Waals surface area contributed by atoms with Crippen LogP contribution in [0.3, 0.4) is 0 Å². The summed E-state index contributed by atoms with van der Waals surface area (Å²) in [7, 11) is 1.36. The number of rotatable bonds is 12. The summed E-state index contributed by atoms with van der Waals surface area (Å²) in [5.74, 6) is 0.227. The molecule has 1 atom stereocenters. The minimum absolute atomic E-state index is 0.115. The zero-order valence-electron chi connectivity index (χ0n) is 20.7. The molecule has 0 bridgehead atoms. The first-order valence-corrected chi connectivity index (χ1v) is 12.2. The van der Waals surface area contributed by atoms with Crippen molar-refractivity contribution in [3.05, 3.63) is 126 Å². The van der Waals surface area contributed by atoms with Crippen molar-refractivity contribution in [2.24, 2.45) is 0 Å². The molecule has 0 spiro atoms. The fourth-order valence-corrected chi connectivity index (χ4v) is 3.95. The van der Waals surface area contributed by atoms with Gasteiger partial charge in [0.25, 0.3) is 0 Å². The summed E-state index contributed by atoms with van der Waals surface area (Å²) in [6.45, 7) is 1.20. The number of carbonyl (C=O) groups is 2. The van der Waals surface area contributed by atoms with Crippen molar-refractivity contribution in [3.8, 4) is 5.75 Å². The van der Waals surface area contributed by atoms with Crippen molar-refractivity contribution in [1.29, 1.82) is 0 Å². The van der Waals surface area contributed by atoms with Crippen molar-refractivity contribution in [2.45, 2.75) is 12.5 Å². The summed E-state index contributed by atoms with van der Waals surface area (Å²) in [6.07, 6.45) is 0.385. The summed E-state index contributed by atoms with van der Waals surface area (Å²) in [6, 6.07) is 33.2. The lowest BCUT2D eigenvalue weighted by Crippen LogP contribution is -2.33. The zero-order valence-corrected chi connectivity index (χ0v) is 20.7. The van der Waals surface area contributed by atoms with Gasteiger partial charge in [0, 0.05) is 35.5 Å². The number of hydrogen-bond acceptors (Lipinski definition) is 6. The fraction of sp³-hybridized carbons (Fsp3) is 0.161. The Hall–Kier alpha value is -4.58. The smallest absolute Gasteiger partial charge is 0.328 e. The number of carbonyl (C=O) groups excluding carboxylic acids is 2. The molecule has 4 rings (SSSR count). The molecular formula is C31H30N2O4. The average Bonchev–Trinajstić information content (AvgIpc) is 2.96. The van der Waals surface area contributed by atoms with Crippen molar-refractivity contribution in [3.63, 3.8) is 0 Å². The first-order chi connectivity index (χ1) is 18.1. The summed E-state index contributed by atoms with van der Waals surface area (Å²) in [5, 5.41) is 6.54. The van der Waals surface area contributed by atoms with Gasteiger partial charge in [-0.3, -0.25) is 4.79 Å². The van der Waals surface area contributed by atoms with Gasteiger partial charge in [-0.2, -0.15) is 0 Å². The second-order valence-corrected chi connectivity index (χ2v) is 8.45. The van der Waals surface area contributed by atoms with Gasteiger partial charge < -0.3 is 20.1 Å². The van der Waals surface area contributed by atoms with Gasteiger partial charge in [0.1, 0.15) is 18.4 Å². The predicted molar refractivity (Wildman–Crippen MR) is 146 cm³/mol. The SMILES string of the molecule is COC(=O)[C@H](Cc1ccc(OCCNc2ccccc2)cc1)Nc1ccccc1C(=O)c1ccccc1. The maximum atomic E-state index is 13.1. The monoisotopic (exact) mass is 494 g/mol. The van der Waals surface area contributed by atoms with Gasteiger partial charge in [-0.25, -0.2) is 4.79 Å². The second-order valence-electron chi connectivity index (χ2n) is 8.45. The van der Waals surface area contributed by atoms with Crippen LogP contribution < -0.4 is 15.4 Å².